The van der Waals surface area contributed by atoms with Crippen molar-refractivity contribution in [3.05, 3.63) is 24.3 Å². The van der Waals surface area contributed by atoms with Crippen LogP contribution in [0.1, 0.15) is 19.8 Å². The summed E-state index contributed by atoms with van der Waals surface area (Å²) in [6.45, 7) is 5.40. The van der Waals surface area contributed by atoms with E-state index in [1.165, 1.54) is 17.0 Å². The highest BCUT2D eigenvalue weighted by Gasteiger charge is 2.34. The Morgan fingerprint density at radius 1 is 1.14 bits per heavy atom. The standard InChI is InChI=1S/C19H25F3N4O3/c1-13(18(28)24-15-2-3-15)26-10-8-25(9-11-26)12-17(27)23-14-4-6-16(7-5-14)29-19(20,21)22/h4-7,13,15H,2-3,8-12H2,1H3,(H,23,27)(H,24,28)/p+2/t13-/m0/s1. The predicted molar refractivity (Wildman–Crippen MR) is 98.6 cm³/mol. The maximum absolute atomic E-state index is 12.2. The Kier molecular flexibility index (Phi) is 6.63. The third-order valence-electron chi connectivity index (χ3n) is 5.31. The third kappa shape index (κ3) is 6.90. The van der Waals surface area contributed by atoms with E-state index in [-0.39, 0.29) is 30.2 Å². The van der Waals surface area contributed by atoms with E-state index in [0.29, 0.717) is 11.7 Å². The number of carbonyl (C=O) groups is 2. The summed E-state index contributed by atoms with van der Waals surface area (Å²) in [5.74, 6) is -0.436. The zero-order valence-electron chi connectivity index (χ0n) is 16.3. The minimum absolute atomic E-state index is 0.0941. The Morgan fingerprint density at radius 3 is 2.31 bits per heavy atom. The Bertz CT molecular complexity index is 714. The van der Waals surface area contributed by atoms with Gasteiger partial charge in [0, 0.05) is 11.7 Å². The maximum atomic E-state index is 12.2. The van der Waals surface area contributed by atoms with Crippen LogP contribution in [0, 0.1) is 0 Å². The SMILES string of the molecule is C[C@@H](C(=O)NC1CC1)[NH+]1CC[NH+](CC(=O)Nc2ccc(OC(F)(F)F)cc2)CC1. The lowest BCUT2D eigenvalue weighted by atomic mass is 10.2. The van der Waals surface area contributed by atoms with Gasteiger partial charge in [-0.2, -0.15) is 0 Å². The molecular formula is C19H27F3N4O3+2. The van der Waals surface area contributed by atoms with Crippen LogP contribution in [0.3, 0.4) is 0 Å². The van der Waals surface area contributed by atoms with Gasteiger partial charge in [-0.3, -0.25) is 9.59 Å². The number of ether oxygens (including phenoxy) is 1. The molecule has 2 aliphatic rings. The first-order valence-electron chi connectivity index (χ1n) is 9.84. The number of hydrogen-bond donors (Lipinski definition) is 4. The molecule has 1 saturated heterocycles. The molecule has 2 amide bonds. The second-order valence-corrected chi connectivity index (χ2v) is 7.71. The fraction of sp³-hybridized carbons (Fsp3) is 0.579. The highest BCUT2D eigenvalue weighted by Crippen LogP contribution is 2.23. The van der Waals surface area contributed by atoms with Gasteiger partial charge in [0.1, 0.15) is 31.9 Å². The van der Waals surface area contributed by atoms with E-state index in [0.717, 1.165) is 56.1 Å². The molecule has 29 heavy (non-hydrogen) atoms. The summed E-state index contributed by atoms with van der Waals surface area (Å²) in [5.41, 5.74) is 0.415. The summed E-state index contributed by atoms with van der Waals surface area (Å²) >= 11 is 0. The second-order valence-electron chi connectivity index (χ2n) is 7.71. The molecule has 160 valence electrons. The van der Waals surface area contributed by atoms with Crippen LogP contribution in [0.5, 0.6) is 5.75 Å². The van der Waals surface area contributed by atoms with Gasteiger partial charge in [-0.1, -0.05) is 0 Å². The molecule has 7 nitrogen and oxygen atoms in total. The smallest absolute Gasteiger partial charge is 0.406 e. The molecule has 0 aromatic heterocycles. The number of anilines is 1. The summed E-state index contributed by atoms with van der Waals surface area (Å²) in [7, 11) is 0. The molecule has 10 heteroatoms. The minimum atomic E-state index is -4.74. The van der Waals surface area contributed by atoms with Crippen molar-refractivity contribution in [2.24, 2.45) is 0 Å². The molecule has 0 bridgehead atoms. The molecule has 1 aromatic carbocycles. The van der Waals surface area contributed by atoms with Crippen LogP contribution in [0.2, 0.25) is 0 Å². The van der Waals surface area contributed by atoms with Crippen LogP contribution >= 0.6 is 0 Å². The van der Waals surface area contributed by atoms with Gasteiger partial charge in [0.05, 0.1) is 0 Å². The quantitative estimate of drug-likeness (QED) is 0.460. The summed E-state index contributed by atoms with van der Waals surface area (Å²) in [6.07, 6.45) is -2.61. The summed E-state index contributed by atoms with van der Waals surface area (Å²) < 4.78 is 40.3. The van der Waals surface area contributed by atoms with Crippen LogP contribution < -0.4 is 25.2 Å². The van der Waals surface area contributed by atoms with Crippen LogP contribution in [0.15, 0.2) is 24.3 Å². The van der Waals surface area contributed by atoms with Crippen molar-refractivity contribution in [2.75, 3.05) is 38.0 Å². The molecule has 4 N–H and O–H groups in total. The molecule has 0 unspecified atom stereocenters. The van der Waals surface area contributed by atoms with Crippen LogP contribution in [0.4, 0.5) is 18.9 Å². The molecule has 0 spiro atoms. The van der Waals surface area contributed by atoms with E-state index < -0.39 is 6.36 Å². The average molecular weight is 416 g/mol. The molecule has 1 aliphatic carbocycles. The maximum Gasteiger partial charge on any atom is 0.573 e. The van der Waals surface area contributed by atoms with Gasteiger partial charge in [-0.05, 0) is 44.0 Å². The van der Waals surface area contributed by atoms with Crippen molar-refractivity contribution >= 4 is 17.5 Å². The van der Waals surface area contributed by atoms with E-state index in [2.05, 4.69) is 15.4 Å². The fourth-order valence-corrected chi connectivity index (χ4v) is 3.45. The van der Waals surface area contributed by atoms with Gasteiger partial charge in [0.25, 0.3) is 11.8 Å². The number of nitrogens with one attached hydrogen (secondary N) is 4. The number of quaternary nitrogens is 2. The topological polar surface area (TPSA) is 76.3 Å². The van der Waals surface area contributed by atoms with E-state index in [4.69, 9.17) is 0 Å². The van der Waals surface area contributed by atoms with Gasteiger partial charge in [-0.15, -0.1) is 13.2 Å². The molecule has 1 atom stereocenters. The van der Waals surface area contributed by atoms with E-state index in [1.54, 1.807) is 0 Å². The lowest BCUT2D eigenvalue weighted by Gasteiger charge is -2.32. The molecule has 1 aliphatic heterocycles. The summed E-state index contributed by atoms with van der Waals surface area (Å²) in [6, 6.07) is 5.32. The number of rotatable bonds is 7. The van der Waals surface area contributed by atoms with Gasteiger partial charge in [0.15, 0.2) is 12.6 Å². The van der Waals surface area contributed by atoms with Gasteiger partial charge in [0.2, 0.25) is 0 Å². The predicted octanol–water partition coefficient (Wildman–Crippen LogP) is -1.03. The Morgan fingerprint density at radius 2 is 1.76 bits per heavy atom. The molecule has 0 radical (unpaired) electrons. The molecule has 1 saturated carbocycles. The van der Waals surface area contributed by atoms with Crippen molar-refractivity contribution in [1.82, 2.24) is 5.32 Å². The zero-order valence-corrected chi connectivity index (χ0v) is 16.3. The molecule has 1 aromatic rings. The van der Waals surface area contributed by atoms with E-state index in [1.807, 2.05) is 6.92 Å². The van der Waals surface area contributed by atoms with E-state index in [9.17, 15) is 22.8 Å². The van der Waals surface area contributed by atoms with Crippen molar-refractivity contribution in [2.45, 2.75) is 38.2 Å². The zero-order chi connectivity index (χ0) is 21.0. The monoisotopic (exact) mass is 416 g/mol. The first kappa shape index (κ1) is 21.4. The number of alkyl halides is 3. The number of amides is 2. The van der Waals surface area contributed by atoms with Gasteiger partial charge in [-0.25, -0.2) is 0 Å². The fourth-order valence-electron chi connectivity index (χ4n) is 3.45. The lowest BCUT2D eigenvalue weighted by molar-refractivity contribution is -1.01. The first-order chi connectivity index (χ1) is 13.7. The third-order valence-corrected chi connectivity index (χ3v) is 5.31. The largest absolute Gasteiger partial charge is 0.573 e. The minimum Gasteiger partial charge on any atom is -0.406 e. The van der Waals surface area contributed by atoms with Gasteiger partial charge >= 0.3 is 6.36 Å². The van der Waals surface area contributed by atoms with Crippen molar-refractivity contribution in [3.63, 3.8) is 0 Å². The number of benzene rings is 1. The Hall–Kier alpha value is -2.33. The summed E-state index contributed by atoms with van der Waals surface area (Å²) in [5, 5.41) is 5.73. The number of halogens is 3. The van der Waals surface area contributed by atoms with Crippen molar-refractivity contribution in [1.29, 1.82) is 0 Å². The van der Waals surface area contributed by atoms with Crippen LogP contribution in [-0.2, 0) is 9.59 Å². The number of carbonyl (C=O) groups excluding carboxylic acids is 2. The first-order valence-corrected chi connectivity index (χ1v) is 9.84. The molecule has 2 fully saturated rings. The van der Waals surface area contributed by atoms with E-state index >= 15 is 0 Å². The molecule has 1 heterocycles. The van der Waals surface area contributed by atoms with Crippen LogP contribution in [-0.4, -0.2) is 63.0 Å². The summed E-state index contributed by atoms with van der Waals surface area (Å²) in [4.78, 5) is 26.8. The molecule has 3 rings (SSSR count). The Balaban J connectivity index is 1.39. The lowest BCUT2D eigenvalue weighted by Crippen LogP contribution is -3.30. The average Bonchev–Trinajstić information content (AvgIpc) is 3.46. The molecular weight excluding hydrogens is 389 g/mol. The normalized spacial score (nSPS) is 23.2. The number of piperazine rings is 1. The second kappa shape index (κ2) is 9.00. The van der Waals surface area contributed by atoms with Crippen molar-refractivity contribution < 1.29 is 37.3 Å². The Labute approximate surface area is 167 Å². The van der Waals surface area contributed by atoms with Gasteiger partial charge < -0.3 is 25.2 Å². The highest BCUT2D eigenvalue weighted by molar-refractivity contribution is 5.91. The van der Waals surface area contributed by atoms with Crippen molar-refractivity contribution in [3.8, 4) is 5.75 Å². The van der Waals surface area contributed by atoms with Crippen LogP contribution in [0.25, 0.3) is 0 Å². The number of hydrogen-bond acceptors (Lipinski definition) is 3. The highest BCUT2D eigenvalue weighted by atomic mass is 19.4.